The molecule has 0 aromatic heterocycles. The summed E-state index contributed by atoms with van der Waals surface area (Å²) in [7, 11) is 0. The van der Waals surface area contributed by atoms with Gasteiger partial charge in [-0.15, -0.1) is 0 Å². The SMILES string of the molecule is CC(C)C(=O)N1CCC(NC(=O)CCCC(=O)O)CC1. The Balaban J connectivity index is 2.23. The van der Waals surface area contributed by atoms with Gasteiger partial charge in [-0.2, -0.15) is 0 Å². The van der Waals surface area contributed by atoms with E-state index in [-0.39, 0.29) is 36.6 Å². The van der Waals surface area contributed by atoms with Gasteiger partial charge in [-0.05, 0) is 19.3 Å². The molecule has 0 unspecified atom stereocenters. The molecule has 6 nitrogen and oxygen atoms in total. The molecule has 0 aromatic carbocycles. The third-order valence-electron chi connectivity index (χ3n) is 3.46. The molecule has 1 rings (SSSR count). The summed E-state index contributed by atoms with van der Waals surface area (Å²) in [6.45, 7) is 5.13. The first-order valence-corrected chi connectivity index (χ1v) is 7.20. The first-order valence-electron chi connectivity index (χ1n) is 7.20. The van der Waals surface area contributed by atoms with Gasteiger partial charge in [0.05, 0.1) is 0 Å². The zero-order valence-corrected chi connectivity index (χ0v) is 12.2. The first kappa shape index (κ1) is 16.5. The van der Waals surface area contributed by atoms with Crippen LogP contribution in [0.3, 0.4) is 0 Å². The Bertz CT molecular complexity index is 360. The third-order valence-corrected chi connectivity index (χ3v) is 3.46. The lowest BCUT2D eigenvalue weighted by molar-refractivity contribution is -0.137. The van der Waals surface area contributed by atoms with Crippen molar-refractivity contribution < 1.29 is 19.5 Å². The van der Waals surface area contributed by atoms with Crippen molar-refractivity contribution in [3.05, 3.63) is 0 Å². The topological polar surface area (TPSA) is 86.7 Å². The number of likely N-dealkylation sites (tertiary alicyclic amines) is 1. The van der Waals surface area contributed by atoms with Crippen molar-refractivity contribution >= 4 is 17.8 Å². The van der Waals surface area contributed by atoms with Gasteiger partial charge in [0.25, 0.3) is 0 Å². The summed E-state index contributed by atoms with van der Waals surface area (Å²) in [6, 6.07) is 0.101. The molecule has 0 saturated carbocycles. The number of rotatable bonds is 6. The Morgan fingerprint density at radius 2 is 1.80 bits per heavy atom. The highest BCUT2D eigenvalue weighted by Crippen LogP contribution is 2.13. The standard InChI is InChI=1S/C14H24N2O4/c1-10(2)14(20)16-8-6-11(7-9-16)15-12(17)4-3-5-13(18)19/h10-11H,3-9H2,1-2H3,(H,15,17)(H,18,19). The molecule has 0 aliphatic carbocycles. The van der Waals surface area contributed by atoms with Crippen molar-refractivity contribution in [2.45, 2.75) is 52.0 Å². The maximum atomic E-state index is 11.8. The molecule has 1 saturated heterocycles. The molecule has 2 amide bonds. The number of carbonyl (C=O) groups excluding carboxylic acids is 2. The fourth-order valence-electron chi connectivity index (χ4n) is 2.31. The van der Waals surface area contributed by atoms with E-state index in [9.17, 15) is 14.4 Å². The van der Waals surface area contributed by atoms with Crippen LogP contribution in [0.15, 0.2) is 0 Å². The lowest BCUT2D eigenvalue weighted by Crippen LogP contribution is -2.47. The number of amides is 2. The predicted octanol–water partition coefficient (Wildman–Crippen LogP) is 1.00. The van der Waals surface area contributed by atoms with Crippen LogP contribution >= 0.6 is 0 Å². The second-order valence-corrected chi connectivity index (χ2v) is 5.57. The second kappa shape index (κ2) is 7.87. The highest BCUT2D eigenvalue weighted by Gasteiger charge is 2.24. The number of carboxylic acid groups (broad SMARTS) is 1. The minimum Gasteiger partial charge on any atom is -0.481 e. The van der Waals surface area contributed by atoms with E-state index in [2.05, 4.69) is 5.32 Å². The van der Waals surface area contributed by atoms with E-state index in [0.717, 1.165) is 12.8 Å². The van der Waals surface area contributed by atoms with E-state index < -0.39 is 5.97 Å². The van der Waals surface area contributed by atoms with E-state index in [1.54, 1.807) is 0 Å². The van der Waals surface area contributed by atoms with Crippen molar-refractivity contribution in [2.24, 2.45) is 5.92 Å². The number of piperidine rings is 1. The van der Waals surface area contributed by atoms with Crippen LogP contribution in [-0.4, -0.2) is 46.9 Å². The summed E-state index contributed by atoms with van der Waals surface area (Å²) in [5.74, 6) is -0.799. The number of hydrogen-bond acceptors (Lipinski definition) is 3. The monoisotopic (exact) mass is 284 g/mol. The van der Waals surface area contributed by atoms with Crippen LogP contribution < -0.4 is 5.32 Å². The average molecular weight is 284 g/mol. The summed E-state index contributed by atoms with van der Waals surface area (Å²) in [6.07, 6.45) is 2.17. The summed E-state index contributed by atoms with van der Waals surface area (Å²) < 4.78 is 0. The normalized spacial score (nSPS) is 16.2. The molecule has 0 aromatic rings. The van der Waals surface area contributed by atoms with Gasteiger partial charge in [-0.25, -0.2) is 0 Å². The molecule has 114 valence electrons. The summed E-state index contributed by atoms with van der Waals surface area (Å²) >= 11 is 0. The van der Waals surface area contributed by atoms with Gasteiger partial charge < -0.3 is 15.3 Å². The van der Waals surface area contributed by atoms with Crippen LogP contribution in [0.2, 0.25) is 0 Å². The van der Waals surface area contributed by atoms with Gasteiger partial charge >= 0.3 is 5.97 Å². The molecule has 0 atom stereocenters. The van der Waals surface area contributed by atoms with Gasteiger partial charge in [0.2, 0.25) is 11.8 Å². The van der Waals surface area contributed by atoms with Gasteiger partial charge in [-0.1, -0.05) is 13.8 Å². The quantitative estimate of drug-likeness (QED) is 0.762. The Morgan fingerprint density at radius 1 is 1.20 bits per heavy atom. The van der Waals surface area contributed by atoms with Crippen LogP contribution in [0, 0.1) is 5.92 Å². The minimum atomic E-state index is -0.877. The molecule has 1 aliphatic rings. The van der Waals surface area contributed by atoms with Crippen molar-refractivity contribution in [1.29, 1.82) is 0 Å². The molecule has 0 bridgehead atoms. The van der Waals surface area contributed by atoms with Crippen molar-refractivity contribution in [3.8, 4) is 0 Å². The Kier molecular flexibility index (Phi) is 6.48. The molecule has 2 N–H and O–H groups in total. The number of carbonyl (C=O) groups is 3. The van der Waals surface area contributed by atoms with E-state index in [4.69, 9.17) is 5.11 Å². The summed E-state index contributed by atoms with van der Waals surface area (Å²) in [4.78, 5) is 35.6. The zero-order valence-electron chi connectivity index (χ0n) is 12.2. The van der Waals surface area contributed by atoms with Crippen LogP contribution in [0.25, 0.3) is 0 Å². The van der Waals surface area contributed by atoms with Crippen molar-refractivity contribution in [3.63, 3.8) is 0 Å². The summed E-state index contributed by atoms with van der Waals surface area (Å²) in [5, 5.41) is 11.4. The Morgan fingerprint density at radius 3 is 2.30 bits per heavy atom. The Hall–Kier alpha value is -1.59. The highest BCUT2D eigenvalue weighted by molar-refractivity contribution is 5.78. The van der Waals surface area contributed by atoms with E-state index in [1.165, 1.54) is 0 Å². The summed E-state index contributed by atoms with van der Waals surface area (Å²) in [5.41, 5.74) is 0. The maximum absolute atomic E-state index is 11.8. The number of carboxylic acids is 1. The van der Waals surface area contributed by atoms with Gasteiger partial charge in [-0.3, -0.25) is 14.4 Å². The maximum Gasteiger partial charge on any atom is 0.303 e. The number of aliphatic carboxylic acids is 1. The molecular formula is C14H24N2O4. The van der Waals surface area contributed by atoms with E-state index >= 15 is 0 Å². The fourth-order valence-corrected chi connectivity index (χ4v) is 2.31. The molecule has 20 heavy (non-hydrogen) atoms. The number of hydrogen-bond donors (Lipinski definition) is 2. The van der Waals surface area contributed by atoms with Crippen LogP contribution in [0.5, 0.6) is 0 Å². The molecule has 0 spiro atoms. The lowest BCUT2D eigenvalue weighted by atomic mass is 10.0. The smallest absolute Gasteiger partial charge is 0.303 e. The number of nitrogens with one attached hydrogen (secondary N) is 1. The van der Waals surface area contributed by atoms with Crippen LogP contribution in [-0.2, 0) is 14.4 Å². The van der Waals surface area contributed by atoms with Gasteiger partial charge in [0.1, 0.15) is 0 Å². The third kappa shape index (κ3) is 5.59. The molecule has 1 heterocycles. The average Bonchev–Trinajstić information content (AvgIpc) is 2.38. The van der Waals surface area contributed by atoms with E-state index in [0.29, 0.717) is 19.5 Å². The predicted molar refractivity (Wildman–Crippen MR) is 74.1 cm³/mol. The molecule has 6 heteroatoms. The zero-order chi connectivity index (χ0) is 15.1. The molecule has 0 radical (unpaired) electrons. The Labute approximate surface area is 119 Å². The first-order chi connectivity index (χ1) is 9.40. The largest absolute Gasteiger partial charge is 0.481 e. The number of nitrogens with zero attached hydrogens (tertiary/aromatic N) is 1. The molecular weight excluding hydrogens is 260 g/mol. The van der Waals surface area contributed by atoms with E-state index in [1.807, 2.05) is 18.7 Å². The molecule has 1 aliphatic heterocycles. The van der Waals surface area contributed by atoms with Gasteiger partial charge in [0, 0.05) is 37.9 Å². The van der Waals surface area contributed by atoms with Crippen molar-refractivity contribution in [1.82, 2.24) is 10.2 Å². The second-order valence-electron chi connectivity index (χ2n) is 5.57. The fraction of sp³-hybridized carbons (Fsp3) is 0.786. The van der Waals surface area contributed by atoms with Crippen LogP contribution in [0.4, 0.5) is 0 Å². The van der Waals surface area contributed by atoms with Gasteiger partial charge in [0.15, 0.2) is 0 Å². The van der Waals surface area contributed by atoms with Crippen LogP contribution in [0.1, 0.15) is 46.0 Å². The lowest BCUT2D eigenvalue weighted by Gasteiger charge is -2.33. The van der Waals surface area contributed by atoms with Crippen molar-refractivity contribution in [2.75, 3.05) is 13.1 Å². The minimum absolute atomic E-state index is 0.0113. The molecule has 1 fully saturated rings. The highest BCUT2D eigenvalue weighted by atomic mass is 16.4.